The molecule has 0 bridgehead atoms. The van der Waals surface area contributed by atoms with Crippen molar-refractivity contribution >= 4 is 0 Å². The van der Waals surface area contributed by atoms with Crippen LogP contribution < -0.4 is 5.73 Å². The smallest absolute Gasteiger partial charge is 0.0713 e. The molecule has 1 aromatic rings. The van der Waals surface area contributed by atoms with E-state index in [1.165, 1.54) is 24.0 Å². The molecule has 15 heavy (non-hydrogen) atoms. The first kappa shape index (κ1) is 10.7. The fraction of sp³-hybridized carbons (Fsp3) is 0.538. The van der Waals surface area contributed by atoms with Gasteiger partial charge in [0, 0.05) is 18.6 Å². The van der Waals surface area contributed by atoms with Crippen LogP contribution >= 0.6 is 0 Å². The largest absolute Gasteiger partial charge is 0.380 e. The summed E-state index contributed by atoms with van der Waals surface area (Å²) < 4.78 is 5.15. The summed E-state index contributed by atoms with van der Waals surface area (Å²) in [6.45, 7) is 2.79. The molecule has 1 aliphatic rings. The summed E-state index contributed by atoms with van der Waals surface area (Å²) in [6.07, 6.45) is 2.45. The third kappa shape index (κ3) is 1.92. The maximum atomic E-state index is 6.06. The predicted molar refractivity (Wildman–Crippen MR) is 61.7 cm³/mol. The molecule has 2 nitrogen and oxygen atoms in total. The van der Waals surface area contributed by atoms with Gasteiger partial charge < -0.3 is 10.5 Å². The van der Waals surface area contributed by atoms with Crippen LogP contribution in [0.4, 0.5) is 0 Å². The molecule has 0 radical (unpaired) electrons. The Balaban J connectivity index is 2.25. The summed E-state index contributed by atoms with van der Waals surface area (Å²) in [5, 5.41) is 0. The molecule has 0 aromatic heterocycles. The molecule has 0 spiro atoms. The fourth-order valence-electron chi connectivity index (χ4n) is 2.28. The Morgan fingerprint density at radius 3 is 2.73 bits per heavy atom. The zero-order valence-electron chi connectivity index (χ0n) is 9.49. The van der Waals surface area contributed by atoms with Gasteiger partial charge in [0.2, 0.25) is 0 Å². The molecule has 2 heteroatoms. The Labute approximate surface area is 91.4 Å². The standard InChI is InChI=1S/C13H19NO/c1-10(14)13(6-7-13)12-5-3-4-11(8-12)9-15-2/h3-5,8,10H,6-7,9,14H2,1-2H3. The van der Waals surface area contributed by atoms with Crippen molar-refractivity contribution < 1.29 is 4.74 Å². The fourth-order valence-corrected chi connectivity index (χ4v) is 2.28. The van der Waals surface area contributed by atoms with E-state index in [0.717, 1.165) is 0 Å². The highest BCUT2D eigenvalue weighted by molar-refractivity contribution is 5.36. The minimum atomic E-state index is 0.246. The zero-order valence-corrected chi connectivity index (χ0v) is 9.49. The number of methoxy groups -OCH3 is 1. The van der Waals surface area contributed by atoms with Gasteiger partial charge in [-0.25, -0.2) is 0 Å². The molecule has 1 fully saturated rings. The van der Waals surface area contributed by atoms with Gasteiger partial charge in [-0.15, -0.1) is 0 Å². The van der Waals surface area contributed by atoms with Gasteiger partial charge in [-0.05, 0) is 30.9 Å². The van der Waals surface area contributed by atoms with Crippen LogP contribution in [0.1, 0.15) is 30.9 Å². The summed E-state index contributed by atoms with van der Waals surface area (Å²) >= 11 is 0. The molecular formula is C13H19NO. The van der Waals surface area contributed by atoms with Crippen molar-refractivity contribution in [3.8, 4) is 0 Å². The summed E-state index contributed by atoms with van der Waals surface area (Å²) in [5.41, 5.74) is 8.93. The van der Waals surface area contributed by atoms with E-state index in [4.69, 9.17) is 10.5 Å². The summed E-state index contributed by atoms with van der Waals surface area (Å²) in [6, 6.07) is 8.88. The van der Waals surface area contributed by atoms with Crippen LogP contribution in [-0.4, -0.2) is 13.2 Å². The number of nitrogens with two attached hydrogens (primary N) is 1. The highest BCUT2D eigenvalue weighted by Gasteiger charge is 2.47. The van der Waals surface area contributed by atoms with Gasteiger partial charge in [0.15, 0.2) is 0 Å². The quantitative estimate of drug-likeness (QED) is 0.818. The van der Waals surface area contributed by atoms with E-state index in [1.807, 2.05) is 0 Å². The number of benzene rings is 1. The Morgan fingerprint density at radius 1 is 1.47 bits per heavy atom. The van der Waals surface area contributed by atoms with Crippen LogP contribution in [0, 0.1) is 0 Å². The second-order valence-electron chi connectivity index (χ2n) is 4.58. The van der Waals surface area contributed by atoms with Crippen molar-refractivity contribution in [2.75, 3.05) is 7.11 Å². The molecule has 0 saturated heterocycles. The molecule has 2 N–H and O–H groups in total. The average Bonchev–Trinajstić information content (AvgIpc) is 2.99. The zero-order chi connectivity index (χ0) is 10.9. The van der Waals surface area contributed by atoms with Gasteiger partial charge in [0.05, 0.1) is 6.61 Å². The SMILES string of the molecule is COCc1cccc(C2(C(C)N)CC2)c1. The highest BCUT2D eigenvalue weighted by atomic mass is 16.5. The van der Waals surface area contributed by atoms with Crippen molar-refractivity contribution in [2.45, 2.75) is 37.8 Å². The number of hydrogen-bond acceptors (Lipinski definition) is 2. The van der Waals surface area contributed by atoms with Gasteiger partial charge >= 0.3 is 0 Å². The van der Waals surface area contributed by atoms with Crippen LogP contribution in [0.15, 0.2) is 24.3 Å². The Morgan fingerprint density at radius 2 is 2.20 bits per heavy atom. The molecule has 0 aliphatic heterocycles. The van der Waals surface area contributed by atoms with Gasteiger partial charge in [-0.3, -0.25) is 0 Å². The summed E-state index contributed by atoms with van der Waals surface area (Å²) in [4.78, 5) is 0. The van der Waals surface area contributed by atoms with E-state index in [1.54, 1.807) is 7.11 Å². The molecule has 2 rings (SSSR count). The van der Waals surface area contributed by atoms with Crippen molar-refractivity contribution in [1.29, 1.82) is 0 Å². The van der Waals surface area contributed by atoms with E-state index >= 15 is 0 Å². The molecule has 0 heterocycles. The predicted octanol–water partition coefficient (Wildman–Crippen LogP) is 2.21. The molecule has 1 saturated carbocycles. The lowest BCUT2D eigenvalue weighted by molar-refractivity contribution is 0.185. The highest BCUT2D eigenvalue weighted by Crippen LogP contribution is 2.50. The maximum absolute atomic E-state index is 6.06. The Bertz CT molecular complexity index is 342. The molecule has 1 unspecified atom stereocenters. The first-order valence-electron chi connectivity index (χ1n) is 5.53. The first-order valence-corrected chi connectivity index (χ1v) is 5.53. The molecule has 0 amide bonds. The van der Waals surface area contributed by atoms with Crippen molar-refractivity contribution in [1.82, 2.24) is 0 Å². The lowest BCUT2D eigenvalue weighted by Gasteiger charge is -2.20. The van der Waals surface area contributed by atoms with E-state index in [2.05, 4.69) is 31.2 Å². The van der Waals surface area contributed by atoms with E-state index in [-0.39, 0.29) is 11.5 Å². The van der Waals surface area contributed by atoms with E-state index in [9.17, 15) is 0 Å². The van der Waals surface area contributed by atoms with Crippen LogP contribution in [-0.2, 0) is 16.8 Å². The molecule has 1 atom stereocenters. The second-order valence-corrected chi connectivity index (χ2v) is 4.58. The maximum Gasteiger partial charge on any atom is 0.0713 e. The second kappa shape index (κ2) is 3.95. The number of rotatable bonds is 4. The van der Waals surface area contributed by atoms with Crippen LogP contribution in [0.2, 0.25) is 0 Å². The normalized spacial score (nSPS) is 19.9. The monoisotopic (exact) mass is 205 g/mol. The van der Waals surface area contributed by atoms with Crippen LogP contribution in [0.3, 0.4) is 0 Å². The van der Waals surface area contributed by atoms with Crippen molar-refractivity contribution in [2.24, 2.45) is 5.73 Å². The van der Waals surface area contributed by atoms with E-state index < -0.39 is 0 Å². The van der Waals surface area contributed by atoms with Crippen LogP contribution in [0.25, 0.3) is 0 Å². The first-order chi connectivity index (χ1) is 7.19. The van der Waals surface area contributed by atoms with Gasteiger partial charge in [0.25, 0.3) is 0 Å². The number of hydrogen-bond donors (Lipinski definition) is 1. The van der Waals surface area contributed by atoms with Gasteiger partial charge in [0.1, 0.15) is 0 Å². The molecular weight excluding hydrogens is 186 g/mol. The molecule has 82 valence electrons. The Hall–Kier alpha value is -0.860. The molecule has 1 aliphatic carbocycles. The van der Waals surface area contributed by atoms with Gasteiger partial charge in [-0.2, -0.15) is 0 Å². The summed E-state index contributed by atoms with van der Waals surface area (Å²) in [5.74, 6) is 0. The van der Waals surface area contributed by atoms with Crippen molar-refractivity contribution in [3.63, 3.8) is 0 Å². The summed E-state index contributed by atoms with van der Waals surface area (Å²) in [7, 11) is 1.73. The number of ether oxygens (including phenoxy) is 1. The third-order valence-electron chi connectivity index (χ3n) is 3.47. The lowest BCUT2D eigenvalue weighted by Crippen LogP contribution is -2.31. The lowest BCUT2D eigenvalue weighted by atomic mass is 9.88. The van der Waals surface area contributed by atoms with E-state index in [0.29, 0.717) is 6.61 Å². The van der Waals surface area contributed by atoms with Gasteiger partial charge in [-0.1, -0.05) is 24.3 Å². The topological polar surface area (TPSA) is 35.2 Å². The Kier molecular flexibility index (Phi) is 2.81. The molecule has 1 aromatic carbocycles. The minimum Gasteiger partial charge on any atom is -0.380 e. The average molecular weight is 205 g/mol. The van der Waals surface area contributed by atoms with Crippen molar-refractivity contribution in [3.05, 3.63) is 35.4 Å². The van der Waals surface area contributed by atoms with Crippen LogP contribution in [0.5, 0.6) is 0 Å². The minimum absolute atomic E-state index is 0.246. The third-order valence-corrected chi connectivity index (χ3v) is 3.47.